The van der Waals surface area contributed by atoms with Crippen molar-refractivity contribution in [1.82, 2.24) is 9.80 Å². The molecule has 1 fully saturated rings. The van der Waals surface area contributed by atoms with Crippen molar-refractivity contribution >= 4 is 5.97 Å². The van der Waals surface area contributed by atoms with Gasteiger partial charge in [-0.15, -0.1) is 0 Å². The average molecular weight is 352 g/mol. The molecule has 0 saturated carbocycles. The van der Waals surface area contributed by atoms with Gasteiger partial charge in [-0.3, -0.25) is 14.6 Å². The lowest BCUT2D eigenvalue weighted by molar-refractivity contribution is -0.150. The van der Waals surface area contributed by atoms with Gasteiger partial charge in [0.05, 0.1) is 6.61 Å². The molecule has 0 unspecified atom stereocenters. The van der Waals surface area contributed by atoms with Gasteiger partial charge in [0.1, 0.15) is 6.04 Å². The second-order valence-corrected chi connectivity index (χ2v) is 6.80. The summed E-state index contributed by atoms with van der Waals surface area (Å²) in [6, 6.07) is 20.6. The van der Waals surface area contributed by atoms with Crippen LogP contribution in [0.15, 0.2) is 60.7 Å². The van der Waals surface area contributed by atoms with Crippen LogP contribution in [0.5, 0.6) is 0 Å². The summed E-state index contributed by atoms with van der Waals surface area (Å²) >= 11 is 0. The summed E-state index contributed by atoms with van der Waals surface area (Å²) in [7, 11) is 0. The van der Waals surface area contributed by atoms with Gasteiger partial charge in [-0.1, -0.05) is 60.7 Å². The van der Waals surface area contributed by atoms with Crippen molar-refractivity contribution in [2.75, 3.05) is 26.2 Å². The highest BCUT2D eigenvalue weighted by atomic mass is 16.5. The molecular weight excluding hydrogens is 324 g/mol. The third-order valence-electron chi connectivity index (χ3n) is 4.83. The first-order valence-corrected chi connectivity index (χ1v) is 9.47. The van der Waals surface area contributed by atoms with Crippen LogP contribution in [0.4, 0.5) is 0 Å². The number of carbonyl (C=O) groups is 1. The lowest BCUT2D eigenvalue weighted by Gasteiger charge is -2.30. The highest BCUT2D eigenvalue weighted by Gasteiger charge is 2.31. The Morgan fingerprint density at radius 1 is 0.962 bits per heavy atom. The molecular formula is C22H28N2O2. The molecule has 26 heavy (non-hydrogen) atoms. The summed E-state index contributed by atoms with van der Waals surface area (Å²) in [6.45, 7) is 6.56. The van der Waals surface area contributed by atoms with Gasteiger partial charge in [0, 0.05) is 26.2 Å². The minimum absolute atomic E-state index is 0.108. The van der Waals surface area contributed by atoms with Crippen LogP contribution < -0.4 is 0 Å². The molecule has 0 spiro atoms. The van der Waals surface area contributed by atoms with E-state index in [1.165, 1.54) is 11.1 Å². The highest BCUT2D eigenvalue weighted by Crippen LogP contribution is 2.17. The van der Waals surface area contributed by atoms with E-state index < -0.39 is 0 Å². The number of nitrogens with zero attached hydrogens (tertiary/aromatic N) is 2. The molecule has 0 aromatic heterocycles. The Morgan fingerprint density at radius 2 is 1.58 bits per heavy atom. The van der Waals surface area contributed by atoms with Crippen LogP contribution in [-0.4, -0.2) is 48.1 Å². The zero-order valence-corrected chi connectivity index (χ0v) is 15.5. The number of carbonyl (C=O) groups excluding carboxylic acids is 1. The topological polar surface area (TPSA) is 32.8 Å². The van der Waals surface area contributed by atoms with Gasteiger partial charge < -0.3 is 4.74 Å². The number of hydrogen-bond donors (Lipinski definition) is 0. The molecule has 1 heterocycles. The zero-order valence-electron chi connectivity index (χ0n) is 15.5. The molecule has 2 aromatic carbocycles. The van der Waals surface area contributed by atoms with Crippen LogP contribution in [-0.2, 0) is 22.6 Å². The number of benzene rings is 2. The molecule has 3 rings (SSSR count). The fourth-order valence-corrected chi connectivity index (χ4v) is 3.56. The maximum Gasteiger partial charge on any atom is 0.324 e. The SMILES string of the molecule is CCOC(=O)[C@H]1CN(Cc2ccccc2)CCCN1Cc1ccccc1. The number of hydrogen-bond acceptors (Lipinski definition) is 4. The molecule has 138 valence electrons. The molecule has 2 aromatic rings. The van der Waals surface area contributed by atoms with E-state index in [9.17, 15) is 4.79 Å². The Balaban J connectivity index is 1.73. The molecule has 0 bridgehead atoms. The van der Waals surface area contributed by atoms with E-state index in [-0.39, 0.29) is 12.0 Å². The molecule has 0 amide bonds. The molecule has 1 saturated heterocycles. The predicted octanol–water partition coefficient (Wildman–Crippen LogP) is 3.33. The quantitative estimate of drug-likeness (QED) is 0.747. The Morgan fingerprint density at radius 3 is 2.19 bits per heavy atom. The van der Waals surface area contributed by atoms with E-state index in [0.717, 1.165) is 32.6 Å². The molecule has 4 nitrogen and oxygen atoms in total. The molecule has 1 aliphatic rings. The van der Waals surface area contributed by atoms with Crippen LogP contribution in [0.3, 0.4) is 0 Å². The fraction of sp³-hybridized carbons (Fsp3) is 0.409. The Labute approximate surface area is 156 Å². The number of esters is 1. The van der Waals surface area contributed by atoms with Crippen molar-refractivity contribution in [1.29, 1.82) is 0 Å². The standard InChI is InChI=1S/C22H28N2O2/c1-2-26-22(25)21-18-23(16-19-10-5-3-6-11-19)14-9-15-24(21)17-20-12-7-4-8-13-20/h3-8,10-13,21H,2,9,14-18H2,1H3/t21-/m1/s1. The van der Waals surface area contributed by atoms with Crippen LogP contribution >= 0.6 is 0 Å². The van der Waals surface area contributed by atoms with E-state index in [4.69, 9.17) is 4.74 Å². The smallest absolute Gasteiger partial charge is 0.324 e. The summed E-state index contributed by atoms with van der Waals surface area (Å²) in [4.78, 5) is 17.3. The number of rotatable bonds is 6. The van der Waals surface area contributed by atoms with Crippen LogP contribution in [0.1, 0.15) is 24.5 Å². The van der Waals surface area contributed by atoms with Crippen molar-refractivity contribution in [3.8, 4) is 0 Å². The maximum absolute atomic E-state index is 12.7. The van der Waals surface area contributed by atoms with E-state index in [1.807, 2.05) is 31.2 Å². The lowest BCUT2D eigenvalue weighted by atomic mass is 10.1. The second-order valence-electron chi connectivity index (χ2n) is 6.80. The maximum atomic E-state index is 12.7. The third-order valence-corrected chi connectivity index (χ3v) is 4.83. The molecule has 0 radical (unpaired) electrons. The van der Waals surface area contributed by atoms with Gasteiger partial charge in [0.15, 0.2) is 0 Å². The minimum Gasteiger partial charge on any atom is -0.465 e. The van der Waals surface area contributed by atoms with Gasteiger partial charge in [-0.05, 0) is 31.0 Å². The van der Waals surface area contributed by atoms with Gasteiger partial charge in [-0.2, -0.15) is 0 Å². The Hall–Kier alpha value is -2.17. The lowest BCUT2D eigenvalue weighted by Crippen LogP contribution is -2.46. The second kappa shape index (κ2) is 9.51. The van der Waals surface area contributed by atoms with Gasteiger partial charge in [0.2, 0.25) is 0 Å². The zero-order chi connectivity index (χ0) is 18.2. The van der Waals surface area contributed by atoms with Crippen LogP contribution in [0, 0.1) is 0 Å². The summed E-state index contributed by atoms with van der Waals surface area (Å²) in [5.41, 5.74) is 2.52. The van der Waals surface area contributed by atoms with E-state index in [1.54, 1.807) is 0 Å². The molecule has 0 aliphatic carbocycles. The van der Waals surface area contributed by atoms with Crippen molar-refractivity contribution < 1.29 is 9.53 Å². The molecule has 1 aliphatic heterocycles. The molecule has 4 heteroatoms. The summed E-state index contributed by atoms with van der Waals surface area (Å²) in [5.74, 6) is -0.108. The first kappa shape index (κ1) is 18.6. The summed E-state index contributed by atoms with van der Waals surface area (Å²) in [5, 5.41) is 0. The summed E-state index contributed by atoms with van der Waals surface area (Å²) < 4.78 is 5.40. The monoisotopic (exact) mass is 352 g/mol. The largest absolute Gasteiger partial charge is 0.465 e. The Bertz CT molecular complexity index is 675. The summed E-state index contributed by atoms with van der Waals surface area (Å²) in [6.07, 6.45) is 1.05. The van der Waals surface area contributed by atoms with Gasteiger partial charge in [0.25, 0.3) is 0 Å². The van der Waals surface area contributed by atoms with Crippen molar-refractivity contribution in [3.05, 3.63) is 71.8 Å². The molecule has 0 N–H and O–H groups in total. The predicted molar refractivity (Wildman–Crippen MR) is 104 cm³/mol. The van der Waals surface area contributed by atoms with Gasteiger partial charge >= 0.3 is 5.97 Å². The highest BCUT2D eigenvalue weighted by molar-refractivity contribution is 5.76. The van der Waals surface area contributed by atoms with Crippen molar-refractivity contribution in [2.24, 2.45) is 0 Å². The third kappa shape index (κ3) is 5.16. The van der Waals surface area contributed by atoms with Crippen LogP contribution in [0.2, 0.25) is 0 Å². The van der Waals surface area contributed by atoms with E-state index in [2.05, 4.69) is 46.2 Å². The fourth-order valence-electron chi connectivity index (χ4n) is 3.56. The first-order valence-electron chi connectivity index (χ1n) is 9.47. The number of ether oxygens (including phenoxy) is 1. The van der Waals surface area contributed by atoms with Crippen molar-refractivity contribution in [3.63, 3.8) is 0 Å². The Kier molecular flexibility index (Phi) is 6.81. The molecule has 1 atom stereocenters. The minimum atomic E-state index is -0.221. The van der Waals surface area contributed by atoms with E-state index >= 15 is 0 Å². The normalized spacial score (nSPS) is 19.0. The van der Waals surface area contributed by atoms with Crippen LogP contribution in [0.25, 0.3) is 0 Å². The first-order chi connectivity index (χ1) is 12.8. The van der Waals surface area contributed by atoms with E-state index in [0.29, 0.717) is 13.2 Å². The van der Waals surface area contributed by atoms with Gasteiger partial charge in [-0.25, -0.2) is 0 Å². The average Bonchev–Trinajstić information content (AvgIpc) is 2.86. The van der Waals surface area contributed by atoms with Crippen molar-refractivity contribution in [2.45, 2.75) is 32.5 Å².